The molecule has 0 fully saturated rings. The van der Waals surface area contributed by atoms with E-state index in [1.807, 2.05) is 67.4 Å². The molecule has 0 atom stereocenters. The Labute approximate surface area is 208 Å². The van der Waals surface area contributed by atoms with E-state index in [0.29, 0.717) is 5.02 Å². The summed E-state index contributed by atoms with van der Waals surface area (Å²) in [5.74, 6) is 0. The monoisotopic (exact) mass is 503 g/mol. The summed E-state index contributed by atoms with van der Waals surface area (Å²) in [5, 5.41) is 15.4. The van der Waals surface area contributed by atoms with Crippen LogP contribution < -0.4 is 0 Å². The molecule has 0 aliphatic rings. The molecule has 0 bridgehead atoms. The lowest BCUT2D eigenvalue weighted by Crippen LogP contribution is -1.90. The van der Waals surface area contributed by atoms with Gasteiger partial charge in [0.2, 0.25) is 0 Å². The second-order valence-corrected chi connectivity index (χ2v) is 10.4. The highest BCUT2D eigenvalue weighted by atomic mass is 35.5. The van der Waals surface area contributed by atoms with Crippen molar-refractivity contribution in [3.63, 3.8) is 0 Å². The smallest absolute Gasteiger partial charge is 0.200 e. The maximum Gasteiger partial charge on any atom is 0.200 e. The van der Waals surface area contributed by atoms with Gasteiger partial charge < -0.3 is 0 Å². The molecule has 6 rings (SSSR count). The molecule has 0 aliphatic carbocycles. The molecule has 7 nitrogen and oxygen atoms in total. The van der Waals surface area contributed by atoms with E-state index in [1.165, 1.54) is 23.3 Å². The number of benzene rings is 1. The van der Waals surface area contributed by atoms with Gasteiger partial charge in [-0.05, 0) is 67.5 Å². The van der Waals surface area contributed by atoms with Gasteiger partial charge in [0.15, 0.2) is 10.8 Å². The first-order valence-corrected chi connectivity index (χ1v) is 12.5. The molecule has 0 saturated carbocycles. The number of pyridine rings is 2. The van der Waals surface area contributed by atoms with Gasteiger partial charge in [-0.2, -0.15) is 9.47 Å². The molecule has 0 amide bonds. The van der Waals surface area contributed by atoms with Gasteiger partial charge in [-0.3, -0.25) is 14.1 Å². The second kappa shape index (κ2) is 8.19. The average Bonchev–Trinajstić information content (AvgIpc) is 3.54. The number of halogens is 1. The first-order valence-electron chi connectivity index (χ1n) is 10.5. The van der Waals surface area contributed by atoms with Gasteiger partial charge in [0, 0.05) is 63.1 Å². The van der Waals surface area contributed by atoms with Crippen molar-refractivity contribution in [2.75, 3.05) is 0 Å². The zero-order chi connectivity index (χ0) is 23.4. The Morgan fingerprint density at radius 3 is 2.65 bits per heavy atom. The maximum absolute atomic E-state index is 6.90. The fourth-order valence-corrected chi connectivity index (χ4v) is 5.89. The molecule has 0 saturated heterocycles. The van der Waals surface area contributed by atoms with Crippen LogP contribution in [-0.2, 0) is 7.05 Å². The van der Waals surface area contributed by atoms with Crippen LogP contribution in [0, 0.1) is 13.8 Å². The summed E-state index contributed by atoms with van der Waals surface area (Å²) in [4.78, 5) is 6.79. The molecule has 0 N–H and O–H groups in total. The standard InChI is InChI=1S/C24H18ClN7S2/c1-13-22(14(2)34-30-13)19-10-26-20-6-5-17(8-18(20)23(19)25)33-24-29-28-21-7-4-15(12-32(21)24)16-9-27-31(3)11-16/h4-12H,1-3H3. The molecule has 0 aliphatic heterocycles. The highest BCUT2D eigenvalue weighted by molar-refractivity contribution is 7.99. The quantitative estimate of drug-likeness (QED) is 0.284. The molecule has 5 heterocycles. The lowest BCUT2D eigenvalue weighted by atomic mass is 10.0. The first kappa shape index (κ1) is 21.3. The number of hydrogen-bond donors (Lipinski definition) is 0. The number of rotatable bonds is 4. The number of aryl methyl sites for hydroxylation is 3. The predicted molar refractivity (Wildman–Crippen MR) is 137 cm³/mol. The maximum atomic E-state index is 6.90. The third-order valence-electron chi connectivity index (χ3n) is 5.69. The minimum absolute atomic E-state index is 0.684. The Kier molecular flexibility index (Phi) is 5.13. The van der Waals surface area contributed by atoms with E-state index in [-0.39, 0.29) is 0 Å². The molecule has 34 heavy (non-hydrogen) atoms. The topological polar surface area (TPSA) is 73.8 Å². The average molecular weight is 504 g/mol. The second-order valence-electron chi connectivity index (χ2n) is 8.00. The van der Waals surface area contributed by atoms with Crippen LogP contribution in [0.15, 0.2) is 65.2 Å². The van der Waals surface area contributed by atoms with Crippen molar-refractivity contribution in [2.45, 2.75) is 23.9 Å². The third-order valence-corrected chi connectivity index (χ3v) is 7.90. The SMILES string of the molecule is Cc1nsc(C)c1-c1cnc2ccc(Sc3nnc4ccc(-c5cnn(C)c5)cn34)cc2c1Cl. The van der Waals surface area contributed by atoms with Crippen LogP contribution in [0.25, 0.3) is 38.8 Å². The molecule has 0 unspecified atom stereocenters. The fourth-order valence-electron chi connectivity index (χ4n) is 4.03. The number of nitrogens with zero attached hydrogens (tertiary/aromatic N) is 7. The molecule has 10 heteroatoms. The van der Waals surface area contributed by atoms with Gasteiger partial charge in [-0.15, -0.1) is 10.2 Å². The van der Waals surface area contributed by atoms with Crippen molar-refractivity contribution in [3.05, 3.63) is 70.7 Å². The number of hydrogen-bond acceptors (Lipinski definition) is 7. The zero-order valence-electron chi connectivity index (χ0n) is 18.5. The Morgan fingerprint density at radius 1 is 1.00 bits per heavy atom. The van der Waals surface area contributed by atoms with Gasteiger partial charge in [0.1, 0.15) is 0 Å². The van der Waals surface area contributed by atoms with Crippen LogP contribution in [-0.4, -0.2) is 33.7 Å². The van der Waals surface area contributed by atoms with Gasteiger partial charge >= 0.3 is 0 Å². The van der Waals surface area contributed by atoms with Gasteiger partial charge in [0.25, 0.3) is 0 Å². The van der Waals surface area contributed by atoms with E-state index >= 15 is 0 Å². The minimum Gasteiger partial charge on any atom is -0.277 e. The van der Waals surface area contributed by atoms with E-state index in [0.717, 1.165) is 59.4 Å². The van der Waals surface area contributed by atoms with E-state index in [2.05, 4.69) is 37.6 Å². The molecule has 5 aromatic heterocycles. The van der Waals surface area contributed by atoms with E-state index in [9.17, 15) is 0 Å². The van der Waals surface area contributed by atoms with Crippen LogP contribution in [0.3, 0.4) is 0 Å². The van der Waals surface area contributed by atoms with Crippen LogP contribution in [0.2, 0.25) is 5.02 Å². The Balaban J connectivity index is 1.41. The fraction of sp³-hybridized carbons (Fsp3) is 0.125. The number of aromatic nitrogens is 7. The van der Waals surface area contributed by atoms with Crippen LogP contribution in [0.4, 0.5) is 0 Å². The summed E-state index contributed by atoms with van der Waals surface area (Å²) in [6.07, 6.45) is 7.71. The van der Waals surface area contributed by atoms with Crippen LogP contribution in [0.5, 0.6) is 0 Å². The first-order chi connectivity index (χ1) is 16.5. The normalized spacial score (nSPS) is 11.6. The van der Waals surface area contributed by atoms with Crippen molar-refractivity contribution < 1.29 is 0 Å². The lowest BCUT2D eigenvalue weighted by Gasteiger charge is -2.09. The van der Waals surface area contributed by atoms with Gasteiger partial charge in [-0.1, -0.05) is 11.6 Å². The van der Waals surface area contributed by atoms with Crippen LogP contribution >= 0.6 is 34.9 Å². The van der Waals surface area contributed by atoms with Crippen molar-refractivity contribution in [1.82, 2.24) is 33.7 Å². The van der Waals surface area contributed by atoms with E-state index in [4.69, 9.17) is 11.6 Å². The van der Waals surface area contributed by atoms with Crippen molar-refractivity contribution in [3.8, 4) is 22.3 Å². The Hall–Kier alpha value is -3.27. The predicted octanol–water partition coefficient (Wildman–Crippen LogP) is 6.22. The van der Waals surface area contributed by atoms with Gasteiger partial charge in [-0.25, -0.2) is 0 Å². The summed E-state index contributed by atoms with van der Waals surface area (Å²) >= 11 is 9.92. The minimum atomic E-state index is 0.684. The molecule has 1 aromatic carbocycles. The van der Waals surface area contributed by atoms with Crippen LogP contribution in [0.1, 0.15) is 10.6 Å². The molecule has 0 radical (unpaired) electrons. The summed E-state index contributed by atoms with van der Waals surface area (Å²) < 4.78 is 8.25. The van der Waals surface area contributed by atoms with E-state index in [1.54, 1.807) is 4.68 Å². The molecule has 6 aromatic rings. The van der Waals surface area contributed by atoms with Gasteiger partial charge in [0.05, 0.1) is 22.4 Å². The van der Waals surface area contributed by atoms with E-state index < -0.39 is 0 Å². The summed E-state index contributed by atoms with van der Waals surface area (Å²) in [6, 6.07) is 10.1. The lowest BCUT2D eigenvalue weighted by molar-refractivity contribution is 0.768. The molecular formula is C24H18ClN7S2. The Bertz CT molecular complexity index is 1680. The summed E-state index contributed by atoms with van der Waals surface area (Å²) in [6.45, 7) is 4.06. The molecule has 168 valence electrons. The number of fused-ring (bicyclic) bond motifs is 2. The van der Waals surface area contributed by atoms with Crippen molar-refractivity contribution in [2.24, 2.45) is 7.05 Å². The zero-order valence-corrected chi connectivity index (χ0v) is 20.9. The highest BCUT2D eigenvalue weighted by Crippen LogP contribution is 2.39. The van der Waals surface area contributed by atoms with Crippen molar-refractivity contribution >= 4 is 51.4 Å². The third kappa shape index (κ3) is 3.56. The molecular weight excluding hydrogens is 486 g/mol. The Morgan fingerprint density at radius 2 is 1.88 bits per heavy atom. The molecule has 0 spiro atoms. The summed E-state index contributed by atoms with van der Waals surface area (Å²) in [7, 11) is 1.91. The largest absolute Gasteiger partial charge is 0.277 e. The van der Waals surface area contributed by atoms with Crippen molar-refractivity contribution in [1.29, 1.82) is 0 Å². The summed E-state index contributed by atoms with van der Waals surface area (Å²) in [5.41, 5.74) is 6.67. The highest BCUT2D eigenvalue weighted by Gasteiger charge is 2.17.